The first-order valence-corrected chi connectivity index (χ1v) is 8.09. The Labute approximate surface area is 145 Å². The van der Waals surface area contributed by atoms with Crippen LogP contribution in [-0.2, 0) is 15.2 Å². The second-order valence-electron chi connectivity index (χ2n) is 6.08. The van der Waals surface area contributed by atoms with Crippen LogP contribution in [0.2, 0.25) is 0 Å². The van der Waals surface area contributed by atoms with Crippen molar-refractivity contribution in [2.24, 2.45) is 0 Å². The molecule has 6 heteroatoms. The van der Waals surface area contributed by atoms with Crippen LogP contribution in [-0.4, -0.2) is 30.1 Å². The number of carbonyl (C=O) groups excluding carboxylic acids is 2. The van der Waals surface area contributed by atoms with Crippen LogP contribution in [0.4, 0.5) is 5.69 Å². The molecule has 0 bridgehead atoms. The van der Waals surface area contributed by atoms with Crippen molar-refractivity contribution >= 4 is 17.5 Å². The minimum atomic E-state index is -1.26. The van der Waals surface area contributed by atoms with Gasteiger partial charge in [0, 0.05) is 17.7 Å². The van der Waals surface area contributed by atoms with Crippen LogP contribution in [0.5, 0.6) is 5.75 Å². The van der Waals surface area contributed by atoms with Crippen LogP contribution < -0.4 is 15.4 Å². The summed E-state index contributed by atoms with van der Waals surface area (Å²) in [6.07, 6.45) is 0.337. The maximum Gasteiger partial charge on any atom is 0.313 e. The lowest BCUT2D eigenvalue weighted by atomic mass is 9.88. The van der Waals surface area contributed by atoms with Crippen LogP contribution >= 0.6 is 0 Å². The van der Waals surface area contributed by atoms with E-state index in [9.17, 15) is 14.7 Å². The van der Waals surface area contributed by atoms with E-state index in [0.717, 1.165) is 5.56 Å². The Hall–Kier alpha value is -2.86. The van der Waals surface area contributed by atoms with Crippen molar-refractivity contribution in [3.8, 4) is 5.75 Å². The third-order valence-corrected chi connectivity index (χ3v) is 4.30. The zero-order valence-corrected chi connectivity index (χ0v) is 13.9. The molecule has 1 atom stereocenters. The molecule has 1 unspecified atom stereocenters. The van der Waals surface area contributed by atoms with E-state index in [1.54, 1.807) is 30.3 Å². The summed E-state index contributed by atoms with van der Waals surface area (Å²) >= 11 is 0. The van der Waals surface area contributed by atoms with E-state index in [0.29, 0.717) is 30.0 Å². The number of fused-ring (bicyclic) bond motifs is 1. The number of aryl methyl sites for hydroxylation is 1. The highest BCUT2D eigenvalue weighted by Gasteiger charge is 2.36. The smallest absolute Gasteiger partial charge is 0.313 e. The van der Waals surface area contributed by atoms with Crippen molar-refractivity contribution in [1.29, 1.82) is 0 Å². The van der Waals surface area contributed by atoms with Gasteiger partial charge in [-0.1, -0.05) is 36.4 Å². The predicted molar refractivity (Wildman–Crippen MR) is 93.3 cm³/mol. The van der Waals surface area contributed by atoms with Gasteiger partial charge in [0.25, 0.3) is 0 Å². The number of anilines is 1. The largest absolute Gasteiger partial charge is 0.493 e. The summed E-state index contributed by atoms with van der Waals surface area (Å²) in [7, 11) is 0. The zero-order chi connectivity index (χ0) is 17.9. The molecule has 2 aromatic carbocycles. The van der Waals surface area contributed by atoms with Gasteiger partial charge in [-0.05, 0) is 24.6 Å². The van der Waals surface area contributed by atoms with E-state index in [2.05, 4.69) is 10.6 Å². The van der Waals surface area contributed by atoms with Gasteiger partial charge < -0.3 is 20.5 Å². The highest BCUT2D eigenvalue weighted by atomic mass is 16.5. The number of amides is 2. The monoisotopic (exact) mass is 340 g/mol. The molecule has 0 saturated heterocycles. The average Bonchev–Trinajstić information content (AvgIpc) is 2.62. The molecule has 130 valence electrons. The lowest BCUT2D eigenvalue weighted by molar-refractivity contribution is -0.137. The lowest BCUT2D eigenvalue weighted by Crippen LogP contribution is -2.46. The third-order valence-electron chi connectivity index (χ3n) is 4.30. The number of aliphatic hydroxyl groups is 1. The van der Waals surface area contributed by atoms with Crippen molar-refractivity contribution in [3.63, 3.8) is 0 Å². The van der Waals surface area contributed by atoms with Crippen LogP contribution in [0.25, 0.3) is 0 Å². The SMILES string of the molecule is Cc1ccccc1NC(=O)C(=O)NCC1(O)CCOc2ccccc21. The molecule has 0 fully saturated rings. The molecular formula is C19H20N2O4. The number of benzene rings is 2. The van der Waals surface area contributed by atoms with Gasteiger partial charge >= 0.3 is 11.8 Å². The fourth-order valence-corrected chi connectivity index (χ4v) is 2.82. The summed E-state index contributed by atoms with van der Waals surface area (Å²) in [6.45, 7) is 2.13. The van der Waals surface area contributed by atoms with Crippen LogP contribution in [0.1, 0.15) is 17.5 Å². The molecule has 1 aliphatic rings. The van der Waals surface area contributed by atoms with E-state index in [1.807, 2.05) is 25.1 Å². The van der Waals surface area contributed by atoms with E-state index in [1.165, 1.54) is 0 Å². The van der Waals surface area contributed by atoms with Crippen LogP contribution in [0.15, 0.2) is 48.5 Å². The Morgan fingerprint density at radius 1 is 1.12 bits per heavy atom. The van der Waals surface area contributed by atoms with Crippen molar-refractivity contribution in [2.75, 3.05) is 18.5 Å². The molecule has 1 heterocycles. The lowest BCUT2D eigenvalue weighted by Gasteiger charge is -2.34. The number of nitrogens with one attached hydrogen (secondary N) is 2. The molecule has 0 aliphatic carbocycles. The van der Waals surface area contributed by atoms with Gasteiger partial charge in [-0.15, -0.1) is 0 Å². The molecule has 0 radical (unpaired) electrons. The fourth-order valence-electron chi connectivity index (χ4n) is 2.82. The summed E-state index contributed by atoms with van der Waals surface area (Å²) in [5.74, 6) is -0.964. The summed E-state index contributed by atoms with van der Waals surface area (Å²) in [6, 6.07) is 14.3. The number of ether oxygens (including phenoxy) is 1. The topological polar surface area (TPSA) is 87.7 Å². The highest BCUT2D eigenvalue weighted by molar-refractivity contribution is 6.39. The molecule has 0 aromatic heterocycles. The molecule has 3 rings (SSSR count). The van der Waals surface area contributed by atoms with E-state index >= 15 is 0 Å². The summed E-state index contributed by atoms with van der Waals surface area (Å²) in [5.41, 5.74) is 0.798. The molecule has 2 amide bonds. The first-order valence-electron chi connectivity index (χ1n) is 8.09. The number of para-hydroxylation sites is 2. The Kier molecular flexibility index (Phi) is 4.72. The molecular weight excluding hydrogens is 320 g/mol. The van der Waals surface area contributed by atoms with Gasteiger partial charge in [-0.25, -0.2) is 0 Å². The van der Waals surface area contributed by atoms with Gasteiger partial charge in [0.2, 0.25) is 0 Å². The third kappa shape index (κ3) is 3.64. The Bertz CT molecular complexity index is 806. The van der Waals surface area contributed by atoms with E-state index < -0.39 is 17.4 Å². The number of rotatable bonds is 3. The van der Waals surface area contributed by atoms with Crippen molar-refractivity contribution < 1.29 is 19.4 Å². The van der Waals surface area contributed by atoms with E-state index in [-0.39, 0.29) is 6.54 Å². The summed E-state index contributed by atoms with van der Waals surface area (Å²) in [5, 5.41) is 16.0. The van der Waals surface area contributed by atoms with Gasteiger partial charge in [0.15, 0.2) is 0 Å². The quantitative estimate of drug-likeness (QED) is 0.743. The second-order valence-corrected chi connectivity index (χ2v) is 6.08. The number of hydrogen-bond acceptors (Lipinski definition) is 4. The molecule has 1 aliphatic heterocycles. The van der Waals surface area contributed by atoms with Gasteiger partial charge in [-0.2, -0.15) is 0 Å². The van der Waals surface area contributed by atoms with Gasteiger partial charge in [0.05, 0.1) is 13.2 Å². The molecule has 25 heavy (non-hydrogen) atoms. The molecule has 3 N–H and O–H groups in total. The number of carbonyl (C=O) groups is 2. The Morgan fingerprint density at radius 2 is 1.84 bits per heavy atom. The molecule has 2 aromatic rings. The zero-order valence-electron chi connectivity index (χ0n) is 13.9. The van der Waals surface area contributed by atoms with Crippen molar-refractivity contribution in [2.45, 2.75) is 18.9 Å². The van der Waals surface area contributed by atoms with Crippen molar-refractivity contribution in [1.82, 2.24) is 5.32 Å². The fraction of sp³-hybridized carbons (Fsp3) is 0.263. The minimum Gasteiger partial charge on any atom is -0.493 e. The maximum atomic E-state index is 12.1. The standard InChI is InChI=1S/C19H20N2O4/c1-13-6-2-4-8-15(13)21-18(23)17(22)20-12-19(24)10-11-25-16-9-5-3-7-14(16)19/h2-9,24H,10-12H2,1H3,(H,20,22)(H,21,23). The second kappa shape index (κ2) is 6.94. The highest BCUT2D eigenvalue weighted by Crippen LogP contribution is 2.36. The Morgan fingerprint density at radius 3 is 2.64 bits per heavy atom. The number of hydrogen-bond donors (Lipinski definition) is 3. The Balaban J connectivity index is 1.64. The molecule has 0 spiro atoms. The van der Waals surface area contributed by atoms with Crippen molar-refractivity contribution in [3.05, 3.63) is 59.7 Å². The van der Waals surface area contributed by atoms with Gasteiger partial charge in [-0.3, -0.25) is 9.59 Å². The molecule has 0 saturated carbocycles. The summed E-state index contributed by atoms with van der Waals surface area (Å²) < 4.78 is 5.51. The maximum absolute atomic E-state index is 12.1. The average molecular weight is 340 g/mol. The first-order chi connectivity index (χ1) is 12.0. The first kappa shape index (κ1) is 17.0. The summed E-state index contributed by atoms with van der Waals surface area (Å²) in [4.78, 5) is 24.1. The molecule has 6 nitrogen and oxygen atoms in total. The predicted octanol–water partition coefficient (Wildman–Crippen LogP) is 1.72. The van der Waals surface area contributed by atoms with Crippen LogP contribution in [0, 0.1) is 6.92 Å². The van der Waals surface area contributed by atoms with Gasteiger partial charge in [0.1, 0.15) is 11.4 Å². The minimum absolute atomic E-state index is 0.0621. The van der Waals surface area contributed by atoms with Crippen LogP contribution in [0.3, 0.4) is 0 Å². The normalized spacial score (nSPS) is 18.6. The van der Waals surface area contributed by atoms with E-state index in [4.69, 9.17) is 4.74 Å².